The molecule has 0 saturated heterocycles. The first-order valence-electron chi connectivity index (χ1n) is 4.62. The average Bonchev–Trinajstić information content (AvgIpc) is 2.28. The average molecular weight is 206 g/mol. The van der Waals surface area contributed by atoms with Gasteiger partial charge in [0.05, 0.1) is 0 Å². The molecule has 1 aromatic carbocycles. The zero-order valence-corrected chi connectivity index (χ0v) is 8.90. The largest absolute Gasteiger partial charge is 0.477 e. The summed E-state index contributed by atoms with van der Waals surface area (Å²) in [5.41, 5.74) is 0. The maximum atomic E-state index is 5.48. The molecule has 0 aliphatic carbocycles. The minimum atomic E-state index is -0.319. The van der Waals surface area contributed by atoms with Gasteiger partial charge in [-0.1, -0.05) is 18.1 Å². The van der Waals surface area contributed by atoms with Crippen molar-refractivity contribution in [3.63, 3.8) is 0 Å². The van der Waals surface area contributed by atoms with Crippen LogP contribution >= 0.6 is 0 Å². The molecule has 0 fully saturated rings. The van der Waals surface area contributed by atoms with Gasteiger partial charge >= 0.3 is 0 Å². The first kappa shape index (κ1) is 11.4. The van der Waals surface area contributed by atoms with E-state index in [9.17, 15) is 0 Å². The zero-order valence-electron chi connectivity index (χ0n) is 8.90. The summed E-state index contributed by atoms with van der Waals surface area (Å²) in [5.74, 6) is 3.65. The predicted molar refractivity (Wildman–Crippen MR) is 57.9 cm³/mol. The van der Waals surface area contributed by atoms with Crippen LogP contribution in [0.25, 0.3) is 0 Å². The first-order chi connectivity index (χ1) is 7.27. The molecule has 15 heavy (non-hydrogen) atoms. The van der Waals surface area contributed by atoms with Gasteiger partial charge in [-0.15, -0.1) is 6.42 Å². The lowest BCUT2D eigenvalue weighted by molar-refractivity contribution is -0.0396. The van der Waals surface area contributed by atoms with E-state index in [1.807, 2.05) is 12.1 Å². The molecule has 1 atom stereocenters. The Labute approximate surface area is 90.0 Å². The fraction of sp³-hybridized carbons (Fsp3) is 0.333. The van der Waals surface area contributed by atoms with Gasteiger partial charge in [0.25, 0.3) is 0 Å². The van der Waals surface area contributed by atoms with Crippen LogP contribution in [0.1, 0.15) is 6.92 Å². The Kier molecular flexibility index (Phi) is 4.52. The van der Waals surface area contributed by atoms with E-state index < -0.39 is 0 Å². The molecule has 1 rings (SSSR count). The zero-order chi connectivity index (χ0) is 11.1. The van der Waals surface area contributed by atoms with E-state index in [4.69, 9.17) is 20.6 Å². The van der Waals surface area contributed by atoms with Crippen molar-refractivity contribution in [2.24, 2.45) is 0 Å². The summed E-state index contributed by atoms with van der Waals surface area (Å²) in [7, 11) is 1.58. The molecule has 0 aliphatic rings. The molecule has 3 nitrogen and oxygen atoms in total. The van der Waals surface area contributed by atoms with Crippen LogP contribution in [0.2, 0.25) is 0 Å². The van der Waals surface area contributed by atoms with Crippen LogP contribution < -0.4 is 9.47 Å². The van der Waals surface area contributed by atoms with E-state index in [1.54, 1.807) is 26.2 Å². The summed E-state index contributed by atoms with van der Waals surface area (Å²) >= 11 is 0. The molecule has 0 saturated carbocycles. The molecular weight excluding hydrogens is 192 g/mol. The van der Waals surface area contributed by atoms with Crippen LogP contribution in [0.5, 0.6) is 11.5 Å². The van der Waals surface area contributed by atoms with Crippen molar-refractivity contribution in [2.45, 2.75) is 13.2 Å². The topological polar surface area (TPSA) is 27.7 Å². The van der Waals surface area contributed by atoms with Crippen molar-refractivity contribution < 1.29 is 14.2 Å². The van der Waals surface area contributed by atoms with Gasteiger partial charge in [-0.25, -0.2) is 0 Å². The van der Waals surface area contributed by atoms with Crippen LogP contribution in [0.15, 0.2) is 24.3 Å². The van der Waals surface area contributed by atoms with E-state index in [2.05, 4.69) is 5.92 Å². The van der Waals surface area contributed by atoms with Crippen molar-refractivity contribution in [3.05, 3.63) is 24.3 Å². The lowest BCUT2D eigenvalue weighted by atomic mass is 10.3. The van der Waals surface area contributed by atoms with Crippen molar-refractivity contribution in [1.82, 2.24) is 0 Å². The molecule has 0 aromatic heterocycles. The maximum Gasteiger partial charge on any atom is 0.196 e. The summed E-state index contributed by atoms with van der Waals surface area (Å²) in [6.45, 7) is 2.03. The number of rotatable bonds is 5. The monoisotopic (exact) mass is 206 g/mol. The van der Waals surface area contributed by atoms with Crippen LogP contribution in [-0.2, 0) is 4.74 Å². The van der Waals surface area contributed by atoms with Crippen molar-refractivity contribution in [2.75, 3.05) is 13.7 Å². The highest BCUT2D eigenvalue weighted by atomic mass is 16.7. The standard InChI is InChI=1S/C12H14O3/c1-4-9-14-11-7-5-6-8-12(11)15-10(2)13-3/h1,5-8,10H,9H2,2-3H3. The van der Waals surface area contributed by atoms with Gasteiger partial charge in [0, 0.05) is 7.11 Å². The highest BCUT2D eigenvalue weighted by molar-refractivity contribution is 5.39. The molecule has 0 heterocycles. The smallest absolute Gasteiger partial charge is 0.196 e. The molecule has 0 spiro atoms. The Bertz CT molecular complexity index is 341. The van der Waals surface area contributed by atoms with E-state index in [0.29, 0.717) is 11.5 Å². The van der Waals surface area contributed by atoms with E-state index >= 15 is 0 Å². The number of benzene rings is 1. The van der Waals surface area contributed by atoms with Crippen LogP contribution in [0, 0.1) is 12.3 Å². The van der Waals surface area contributed by atoms with Gasteiger partial charge < -0.3 is 14.2 Å². The third kappa shape index (κ3) is 3.53. The van der Waals surface area contributed by atoms with Gasteiger partial charge in [0.2, 0.25) is 0 Å². The van der Waals surface area contributed by atoms with Gasteiger partial charge in [0.15, 0.2) is 17.8 Å². The molecule has 0 N–H and O–H groups in total. The maximum absolute atomic E-state index is 5.48. The summed E-state index contributed by atoms with van der Waals surface area (Å²) in [4.78, 5) is 0. The van der Waals surface area contributed by atoms with E-state index in [0.717, 1.165) is 0 Å². The van der Waals surface area contributed by atoms with E-state index in [1.165, 1.54) is 0 Å². The van der Waals surface area contributed by atoms with Crippen molar-refractivity contribution in [3.8, 4) is 23.8 Å². The Hall–Kier alpha value is -1.66. The quantitative estimate of drug-likeness (QED) is 0.545. The summed E-state index contributed by atoms with van der Waals surface area (Å²) in [6.07, 6.45) is 4.79. The van der Waals surface area contributed by atoms with Gasteiger partial charge in [-0.2, -0.15) is 0 Å². The second kappa shape index (κ2) is 5.94. The Morgan fingerprint density at radius 2 is 2.00 bits per heavy atom. The van der Waals surface area contributed by atoms with Gasteiger partial charge in [-0.05, 0) is 19.1 Å². The van der Waals surface area contributed by atoms with E-state index in [-0.39, 0.29) is 12.9 Å². The normalized spacial score (nSPS) is 11.5. The molecule has 0 bridgehead atoms. The minimum absolute atomic E-state index is 0.224. The number of hydrogen-bond donors (Lipinski definition) is 0. The number of hydrogen-bond acceptors (Lipinski definition) is 3. The number of terminal acetylenes is 1. The Balaban J connectivity index is 2.73. The van der Waals surface area contributed by atoms with Crippen LogP contribution in [0.3, 0.4) is 0 Å². The minimum Gasteiger partial charge on any atom is -0.477 e. The predicted octanol–water partition coefficient (Wildman–Crippen LogP) is 2.07. The Morgan fingerprint density at radius 1 is 1.33 bits per heavy atom. The fourth-order valence-corrected chi connectivity index (χ4v) is 1.01. The molecule has 0 radical (unpaired) electrons. The summed E-state index contributed by atoms with van der Waals surface area (Å²) < 4.78 is 15.8. The Morgan fingerprint density at radius 3 is 2.60 bits per heavy atom. The van der Waals surface area contributed by atoms with Crippen molar-refractivity contribution in [1.29, 1.82) is 0 Å². The third-order valence-corrected chi connectivity index (χ3v) is 1.79. The molecule has 0 amide bonds. The first-order valence-corrected chi connectivity index (χ1v) is 4.62. The highest BCUT2D eigenvalue weighted by Gasteiger charge is 2.07. The highest BCUT2D eigenvalue weighted by Crippen LogP contribution is 2.27. The van der Waals surface area contributed by atoms with Crippen molar-refractivity contribution >= 4 is 0 Å². The number of para-hydroxylation sites is 2. The lowest BCUT2D eigenvalue weighted by Crippen LogP contribution is -2.14. The summed E-state index contributed by atoms with van der Waals surface area (Å²) in [5, 5.41) is 0. The molecule has 3 heteroatoms. The third-order valence-electron chi connectivity index (χ3n) is 1.79. The van der Waals surface area contributed by atoms with Crippen LogP contribution in [-0.4, -0.2) is 20.0 Å². The summed E-state index contributed by atoms with van der Waals surface area (Å²) in [6, 6.07) is 7.33. The fourth-order valence-electron chi connectivity index (χ4n) is 1.01. The number of ether oxygens (including phenoxy) is 3. The lowest BCUT2D eigenvalue weighted by Gasteiger charge is -2.15. The molecular formula is C12H14O3. The SMILES string of the molecule is C#CCOc1ccccc1OC(C)OC. The molecule has 1 aromatic rings. The molecule has 80 valence electrons. The van der Waals surface area contributed by atoms with Gasteiger partial charge in [0.1, 0.15) is 6.61 Å². The van der Waals surface area contributed by atoms with Crippen LogP contribution in [0.4, 0.5) is 0 Å². The second-order valence-corrected chi connectivity index (χ2v) is 2.86. The second-order valence-electron chi connectivity index (χ2n) is 2.86. The number of methoxy groups -OCH3 is 1. The molecule has 0 aliphatic heterocycles. The molecule has 1 unspecified atom stereocenters. The van der Waals surface area contributed by atoms with Gasteiger partial charge in [-0.3, -0.25) is 0 Å².